The summed E-state index contributed by atoms with van der Waals surface area (Å²) in [4.78, 5) is 12.9. The van der Waals surface area contributed by atoms with E-state index in [0.29, 0.717) is 18.8 Å². The molecule has 2 aromatic carbocycles. The monoisotopic (exact) mass is 424 g/mol. The van der Waals surface area contributed by atoms with Gasteiger partial charge < -0.3 is 5.32 Å². The maximum Gasteiger partial charge on any atom is 0.276 e. The summed E-state index contributed by atoms with van der Waals surface area (Å²) in [5.41, 5.74) is 2.38. The summed E-state index contributed by atoms with van der Waals surface area (Å²) in [5.74, 6) is -0.389. The van der Waals surface area contributed by atoms with Crippen molar-refractivity contribution in [2.75, 3.05) is 18.4 Å². The second-order valence-electron chi connectivity index (χ2n) is 7.37. The molecular formula is C22H24N4O3S. The Hall–Kier alpha value is -2.97. The molecule has 1 aliphatic heterocycles. The van der Waals surface area contributed by atoms with E-state index in [1.807, 2.05) is 37.3 Å². The lowest BCUT2D eigenvalue weighted by molar-refractivity contribution is 0.102. The number of piperidine rings is 1. The number of nitrogens with zero attached hydrogens (tertiary/aromatic N) is 3. The molecule has 4 rings (SSSR count). The third kappa shape index (κ3) is 4.15. The van der Waals surface area contributed by atoms with Crippen molar-refractivity contribution >= 4 is 21.6 Å². The van der Waals surface area contributed by atoms with Gasteiger partial charge in [0.15, 0.2) is 5.69 Å². The van der Waals surface area contributed by atoms with Crippen LogP contribution < -0.4 is 5.32 Å². The van der Waals surface area contributed by atoms with Gasteiger partial charge in [-0.25, -0.2) is 13.1 Å². The van der Waals surface area contributed by atoms with Crippen LogP contribution in [0.1, 0.15) is 35.4 Å². The number of anilines is 1. The highest BCUT2D eigenvalue weighted by molar-refractivity contribution is 7.89. The van der Waals surface area contributed by atoms with Crippen LogP contribution in [0, 0.1) is 6.92 Å². The minimum Gasteiger partial charge on any atom is -0.321 e. The SMILES string of the molecule is Cc1cc(C(=O)Nc2cccc(S(=O)(=O)N3CCCCC3)c2)nn1-c1ccccc1. The first-order valence-electron chi connectivity index (χ1n) is 9.99. The van der Waals surface area contributed by atoms with Crippen LogP contribution in [0.25, 0.3) is 5.69 Å². The van der Waals surface area contributed by atoms with E-state index < -0.39 is 10.0 Å². The summed E-state index contributed by atoms with van der Waals surface area (Å²) in [6.07, 6.45) is 2.80. The summed E-state index contributed by atoms with van der Waals surface area (Å²) in [7, 11) is -3.56. The molecule has 1 aromatic heterocycles. The molecule has 1 N–H and O–H groups in total. The highest BCUT2D eigenvalue weighted by Gasteiger charge is 2.26. The molecule has 2 heterocycles. The number of nitrogens with one attached hydrogen (secondary N) is 1. The standard InChI is InChI=1S/C22H24N4O3S/c1-17-15-21(24-26(17)19-10-4-2-5-11-19)22(27)23-18-9-8-12-20(16-18)30(28,29)25-13-6-3-7-14-25/h2,4-5,8-12,15-16H,3,6-7,13-14H2,1H3,(H,23,27). The number of rotatable bonds is 5. The van der Waals surface area contributed by atoms with Gasteiger partial charge >= 0.3 is 0 Å². The van der Waals surface area contributed by atoms with Crippen LogP contribution in [0.2, 0.25) is 0 Å². The van der Waals surface area contributed by atoms with Crippen LogP contribution >= 0.6 is 0 Å². The first kappa shape index (κ1) is 20.3. The van der Waals surface area contributed by atoms with Gasteiger partial charge in [-0.1, -0.05) is 30.7 Å². The Bertz CT molecular complexity index is 1150. The summed E-state index contributed by atoms with van der Waals surface area (Å²) in [5, 5.41) is 7.17. The number of amides is 1. The summed E-state index contributed by atoms with van der Waals surface area (Å²) in [6.45, 7) is 2.95. The smallest absolute Gasteiger partial charge is 0.276 e. The van der Waals surface area contributed by atoms with Crippen LogP contribution in [0.15, 0.2) is 65.6 Å². The van der Waals surface area contributed by atoms with E-state index in [9.17, 15) is 13.2 Å². The maximum atomic E-state index is 12.9. The minimum absolute atomic E-state index is 0.188. The molecule has 0 atom stereocenters. The van der Waals surface area contributed by atoms with Crippen molar-refractivity contribution in [2.24, 2.45) is 0 Å². The molecule has 8 heteroatoms. The number of hydrogen-bond acceptors (Lipinski definition) is 4. The third-order valence-electron chi connectivity index (χ3n) is 5.17. The first-order chi connectivity index (χ1) is 14.4. The van der Waals surface area contributed by atoms with E-state index >= 15 is 0 Å². The minimum atomic E-state index is -3.56. The molecule has 30 heavy (non-hydrogen) atoms. The van der Waals surface area contributed by atoms with Gasteiger partial charge in [0.2, 0.25) is 10.0 Å². The van der Waals surface area contributed by atoms with Gasteiger partial charge in [-0.15, -0.1) is 0 Å². The molecular weight excluding hydrogens is 400 g/mol. The quantitative estimate of drug-likeness (QED) is 0.678. The molecule has 7 nitrogen and oxygen atoms in total. The fourth-order valence-electron chi connectivity index (χ4n) is 3.60. The van der Waals surface area contributed by atoms with E-state index in [1.54, 1.807) is 28.9 Å². The molecule has 0 unspecified atom stereocenters. The zero-order valence-corrected chi connectivity index (χ0v) is 17.6. The molecule has 0 bridgehead atoms. The van der Waals surface area contributed by atoms with Gasteiger partial charge in [0.25, 0.3) is 5.91 Å². The fraction of sp³-hybridized carbons (Fsp3) is 0.273. The van der Waals surface area contributed by atoms with E-state index in [1.165, 1.54) is 10.4 Å². The molecule has 0 spiro atoms. The van der Waals surface area contributed by atoms with E-state index in [4.69, 9.17) is 0 Å². The molecule has 0 saturated carbocycles. The number of benzene rings is 2. The van der Waals surface area contributed by atoms with Crippen molar-refractivity contribution in [3.63, 3.8) is 0 Å². The molecule has 156 valence electrons. The Morgan fingerprint density at radius 2 is 1.70 bits per heavy atom. The third-order valence-corrected chi connectivity index (χ3v) is 7.06. The number of carbonyl (C=O) groups excluding carboxylic acids is 1. The van der Waals surface area contributed by atoms with Crippen LogP contribution in [0.4, 0.5) is 5.69 Å². The van der Waals surface area contributed by atoms with Crippen molar-refractivity contribution in [1.29, 1.82) is 0 Å². The first-order valence-corrected chi connectivity index (χ1v) is 11.4. The van der Waals surface area contributed by atoms with Crippen LogP contribution in [-0.4, -0.2) is 41.5 Å². The lowest BCUT2D eigenvalue weighted by atomic mass is 10.2. The molecule has 1 fully saturated rings. The normalized spacial score (nSPS) is 15.1. The Labute approximate surface area is 176 Å². The van der Waals surface area contributed by atoms with Crippen LogP contribution in [0.3, 0.4) is 0 Å². The number of sulfonamides is 1. The molecule has 1 amide bonds. The maximum absolute atomic E-state index is 12.9. The van der Waals surface area contributed by atoms with Gasteiger partial charge in [0.05, 0.1) is 10.6 Å². The second-order valence-corrected chi connectivity index (χ2v) is 9.30. The highest BCUT2D eigenvalue weighted by atomic mass is 32.2. The number of carbonyl (C=O) groups is 1. The van der Waals surface area contributed by atoms with Crippen molar-refractivity contribution in [1.82, 2.24) is 14.1 Å². The lowest BCUT2D eigenvalue weighted by Gasteiger charge is -2.26. The Morgan fingerprint density at radius 3 is 2.43 bits per heavy atom. The van der Waals surface area contributed by atoms with Gasteiger partial charge in [0, 0.05) is 24.5 Å². The largest absolute Gasteiger partial charge is 0.321 e. The zero-order chi connectivity index (χ0) is 21.1. The average Bonchev–Trinajstić information content (AvgIpc) is 3.17. The van der Waals surface area contributed by atoms with Crippen LogP contribution in [0.5, 0.6) is 0 Å². The molecule has 0 aliphatic carbocycles. The fourth-order valence-corrected chi connectivity index (χ4v) is 5.16. The zero-order valence-electron chi connectivity index (χ0n) is 16.8. The Balaban J connectivity index is 1.54. The number of aromatic nitrogens is 2. The predicted molar refractivity (Wildman–Crippen MR) is 115 cm³/mol. The summed E-state index contributed by atoms with van der Waals surface area (Å²) in [6, 6.07) is 17.6. The Morgan fingerprint density at radius 1 is 0.967 bits per heavy atom. The lowest BCUT2D eigenvalue weighted by Crippen LogP contribution is -2.35. The number of hydrogen-bond donors (Lipinski definition) is 1. The van der Waals surface area contributed by atoms with Crippen LogP contribution in [-0.2, 0) is 10.0 Å². The van der Waals surface area contributed by atoms with Crippen molar-refractivity contribution in [3.8, 4) is 5.69 Å². The van der Waals surface area contributed by atoms with Gasteiger partial charge in [-0.3, -0.25) is 4.79 Å². The number of para-hydroxylation sites is 1. The second kappa shape index (κ2) is 8.41. The van der Waals surface area contributed by atoms with Gasteiger partial charge in [-0.2, -0.15) is 9.40 Å². The van der Waals surface area contributed by atoms with E-state index in [0.717, 1.165) is 30.6 Å². The molecule has 0 radical (unpaired) electrons. The molecule has 3 aromatic rings. The van der Waals surface area contributed by atoms with Crippen molar-refractivity contribution in [2.45, 2.75) is 31.1 Å². The molecule has 1 aliphatic rings. The predicted octanol–water partition coefficient (Wildman–Crippen LogP) is 3.61. The van der Waals surface area contributed by atoms with E-state index in [-0.39, 0.29) is 16.5 Å². The summed E-state index contributed by atoms with van der Waals surface area (Å²) >= 11 is 0. The summed E-state index contributed by atoms with van der Waals surface area (Å²) < 4.78 is 29.0. The van der Waals surface area contributed by atoms with Crippen molar-refractivity contribution < 1.29 is 13.2 Å². The van der Waals surface area contributed by atoms with Gasteiger partial charge in [-0.05, 0) is 56.2 Å². The van der Waals surface area contributed by atoms with Crippen molar-refractivity contribution in [3.05, 3.63) is 72.1 Å². The van der Waals surface area contributed by atoms with E-state index in [2.05, 4.69) is 10.4 Å². The van der Waals surface area contributed by atoms with Gasteiger partial charge in [0.1, 0.15) is 0 Å². The number of aryl methyl sites for hydroxylation is 1. The highest BCUT2D eigenvalue weighted by Crippen LogP contribution is 2.23. The molecule has 1 saturated heterocycles. The Kier molecular flexibility index (Phi) is 5.69. The average molecular weight is 425 g/mol. The topological polar surface area (TPSA) is 84.3 Å².